The highest BCUT2D eigenvalue weighted by Gasteiger charge is 2.04. The summed E-state index contributed by atoms with van der Waals surface area (Å²) in [6.45, 7) is 1.68. The van der Waals surface area contributed by atoms with Gasteiger partial charge >= 0.3 is 5.97 Å². The predicted octanol–water partition coefficient (Wildman–Crippen LogP) is 0.380. The molecule has 6 nitrogen and oxygen atoms in total. The number of carbonyl (C=O) groups excluding carboxylic acids is 1. The van der Waals surface area contributed by atoms with E-state index in [9.17, 15) is 13.2 Å². The summed E-state index contributed by atoms with van der Waals surface area (Å²) >= 11 is 0. The first kappa shape index (κ1) is 14.8. The molecular weight excluding hydrogens is 198 g/mol. The van der Waals surface area contributed by atoms with E-state index in [2.05, 4.69) is 4.74 Å². The van der Waals surface area contributed by atoms with Gasteiger partial charge in [0, 0.05) is 6.42 Å². The lowest BCUT2D eigenvalue weighted by molar-refractivity contribution is -0.143. The molecule has 0 unspecified atom stereocenters. The summed E-state index contributed by atoms with van der Waals surface area (Å²) in [5.41, 5.74) is 0. The normalized spacial score (nSPS) is 10.3. The van der Waals surface area contributed by atoms with Gasteiger partial charge in [0.1, 0.15) is 0 Å². The number of hydrogen-bond acceptors (Lipinski definition) is 5. The average molecular weight is 213 g/mol. The molecule has 4 N–H and O–H groups in total. The van der Waals surface area contributed by atoms with Crippen molar-refractivity contribution in [3.05, 3.63) is 0 Å². The minimum absolute atomic E-state index is 0. The van der Waals surface area contributed by atoms with E-state index in [0.717, 1.165) is 0 Å². The predicted molar refractivity (Wildman–Crippen MR) is 47.3 cm³/mol. The van der Waals surface area contributed by atoms with Crippen molar-refractivity contribution in [2.24, 2.45) is 0 Å². The highest BCUT2D eigenvalue weighted by molar-refractivity contribution is 7.85. The maximum absolute atomic E-state index is 10.5. The number of ether oxygens (including phenoxy) is 1. The monoisotopic (exact) mass is 213 g/mol. The lowest BCUT2D eigenvalue weighted by atomic mass is 10.5. The summed E-state index contributed by atoms with van der Waals surface area (Å²) in [6, 6.07) is 0. The molecule has 0 radical (unpaired) electrons. The van der Waals surface area contributed by atoms with E-state index < -0.39 is 10.1 Å². The molecule has 0 atom stereocenters. The number of esters is 1. The van der Waals surface area contributed by atoms with Crippen LogP contribution in [-0.4, -0.2) is 31.3 Å². The van der Waals surface area contributed by atoms with Crippen LogP contribution in [0.25, 0.3) is 0 Å². The third-order valence-electron chi connectivity index (χ3n) is 1.10. The van der Waals surface area contributed by atoms with Crippen LogP contribution in [0.3, 0.4) is 0 Å². The van der Waals surface area contributed by atoms with Gasteiger partial charge in [-0.15, -0.1) is 0 Å². The molecule has 0 fully saturated rings. The fraction of sp³-hybridized carbons (Fsp3) is 0.833. The number of carbonyl (C=O) groups is 1. The van der Waals surface area contributed by atoms with Crippen LogP contribution >= 0.6 is 0 Å². The average Bonchev–Trinajstić information content (AvgIpc) is 1.96. The Hall–Kier alpha value is -0.660. The van der Waals surface area contributed by atoms with Crippen molar-refractivity contribution in [1.82, 2.24) is 6.15 Å². The Balaban J connectivity index is 0. The first-order valence-corrected chi connectivity index (χ1v) is 5.17. The molecule has 0 spiro atoms. The van der Waals surface area contributed by atoms with E-state index in [1.807, 2.05) is 0 Å². The number of rotatable bonds is 5. The van der Waals surface area contributed by atoms with Crippen LogP contribution in [0, 0.1) is 0 Å². The summed E-state index contributed by atoms with van der Waals surface area (Å²) < 4.78 is 33.2. The van der Waals surface area contributed by atoms with Crippen molar-refractivity contribution >= 4 is 16.1 Å². The van der Waals surface area contributed by atoms with E-state index in [4.69, 9.17) is 4.55 Å². The highest BCUT2D eigenvalue weighted by Crippen LogP contribution is 1.91. The molecule has 0 aromatic rings. The van der Waals surface area contributed by atoms with Gasteiger partial charge in [0.15, 0.2) is 0 Å². The largest absolute Gasteiger partial charge is 0.466 e. The maximum atomic E-state index is 10.5. The summed E-state index contributed by atoms with van der Waals surface area (Å²) in [6.07, 6.45) is 0.399. The van der Waals surface area contributed by atoms with Gasteiger partial charge in [0.05, 0.1) is 12.4 Å². The topological polar surface area (TPSA) is 116 Å². The molecule has 7 heteroatoms. The van der Waals surface area contributed by atoms with E-state index in [1.165, 1.54) is 0 Å². The SMILES string of the molecule is CCC(=O)OCCCS(=O)(=O)O.N. The first-order valence-electron chi connectivity index (χ1n) is 3.56. The Kier molecular flexibility index (Phi) is 7.78. The van der Waals surface area contributed by atoms with Gasteiger partial charge in [0.25, 0.3) is 10.1 Å². The summed E-state index contributed by atoms with van der Waals surface area (Å²) in [5, 5.41) is 0. The Bertz CT molecular complexity index is 235. The molecule has 0 saturated heterocycles. The second-order valence-corrected chi connectivity index (χ2v) is 3.79. The zero-order valence-corrected chi connectivity index (χ0v) is 8.34. The molecule has 0 amide bonds. The van der Waals surface area contributed by atoms with Crippen molar-refractivity contribution in [3.63, 3.8) is 0 Å². The molecule has 0 aromatic carbocycles. The fourth-order valence-electron chi connectivity index (χ4n) is 0.529. The molecule has 0 aliphatic carbocycles. The van der Waals surface area contributed by atoms with Gasteiger partial charge < -0.3 is 10.9 Å². The minimum atomic E-state index is -3.92. The molecule has 0 rings (SSSR count). The standard InChI is InChI=1S/C6H12O5S.H3N/c1-2-6(7)11-4-3-5-12(8,9)10;/h2-5H2,1H3,(H,8,9,10);1H3. The van der Waals surface area contributed by atoms with Crippen LogP contribution in [0.15, 0.2) is 0 Å². The molecule has 80 valence electrons. The highest BCUT2D eigenvalue weighted by atomic mass is 32.2. The van der Waals surface area contributed by atoms with Crippen molar-refractivity contribution in [2.45, 2.75) is 19.8 Å². The maximum Gasteiger partial charge on any atom is 0.305 e. The van der Waals surface area contributed by atoms with Gasteiger partial charge in [-0.2, -0.15) is 8.42 Å². The van der Waals surface area contributed by atoms with Crippen LogP contribution in [0.4, 0.5) is 0 Å². The molecule has 0 bridgehead atoms. The van der Waals surface area contributed by atoms with E-state index in [1.54, 1.807) is 6.92 Å². The molecule has 0 saturated carbocycles. The molecule has 13 heavy (non-hydrogen) atoms. The van der Waals surface area contributed by atoms with Crippen molar-refractivity contribution in [1.29, 1.82) is 0 Å². The molecule has 0 aliphatic rings. The smallest absolute Gasteiger partial charge is 0.305 e. The Morgan fingerprint density at radius 1 is 1.46 bits per heavy atom. The molecular formula is C6H15NO5S. The molecule has 0 aliphatic heterocycles. The van der Waals surface area contributed by atoms with Crippen LogP contribution in [0.5, 0.6) is 0 Å². The van der Waals surface area contributed by atoms with E-state index in [-0.39, 0.29) is 37.3 Å². The molecule has 0 heterocycles. The summed E-state index contributed by atoms with van der Waals surface area (Å²) in [4.78, 5) is 10.5. The second kappa shape index (κ2) is 6.81. The fourth-order valence-corrected chi connectivity index (χ4v) is 1.01. The van der Waals surface area contributed by atoms with Gasteiger partial charge in [-0.1, -0.05) is 6.92 Å². The van der Waals surface area contributed by atoms with Crippen molar-refractivity contribution in [3.8, 4) is 0 Å². The first-order chi connectivity index (χ1) is 5.45. The van der Waals surface area contributed by atoms with E-state index >= 15 is 0 Å². The van der Waals surface area contributed by atoms with Crippen molar-refractivity contribution in [2.75, 3.05) is 12.4 Å². The minimum Gasteiger partial charge on any atom is -0.466 e. The zero-order valence-electron chi connectivity index (χ0n) is 7.52. The van der Waals surface area contributed by atoms with Gasteiger partial charge in [-0.25, -0.2) is 0 Å². The van der Waals surface area contributed by atoms with Crippen LogP contribution in [0.1, 0.15) is 19.8 Å². The third-order valence-corrected chi connectivity index (χ3v) is 1.90. The van der Waals surface area contributed by atoms with Gasteiger partial charge in [0.2, 0.25) is 0 Å². The second-order valence-electron chi connectivity index (χ2n) is 2.21. The van der Waals surface area contributed by atoms with Crippen molar-refractivity contribution < 1.29 is 22.5 Å². The summed E-state index contributed by atoms with van der Waals surface area (Å²) in [7, 11) is -3.92. The Morgan fingerprint density at radius 3 is 2.38 bits per heavy atom. The quantitative estimate of drug-likeness (QED) is 0.387. The zero-order chi connectivity index (χ0) is 9.61. The molecule has 0 aromatic heterocycles. The van der Waals surface area contributed by atoms with E-state index in [0.29, 0.717) is 0 Å². The lowest BCUT2D eigenvalue weighted by Crippen LogP contribution is -2.09. The Morgan fingerprint density at radius 2 is 2.00 bits per heavy atom. The van der Waals surface area contributed by atoms with Crippen LogP contribution in [-0.2, 0) is 19.6 Å². The summed E-state index contributed by atoms with van der Waals surface area (Å²) in [5.74, 6) is -0.741. The third kappa shape index (κ3) is 11.3. The lowest BCUT2D eigenvalue weighted by Gasteiger charge is -2.00. The van der Waals surface area contributed by atoms with Crippen LogP contribution in [0.2, 0.25) is 0 Å². The number of hydrogen-bond donors (Lipinski definition) is 2. The van der Waals surface area contributed by atoms with Crippen LogP contribution < -0.4 is 6.15 Å². The van der Waals surface area contributed by atoms with Gasteiger partial charge in [-0.05, 0) is 6.42 Å². The van der Waals surface area contributed by atoms with Gasteiger partial charge in [-0.3, -0.25) is 9.35 Å². The Labute approximate surface area is 77.6 Å².